The van der Waals surface area contributed by atoms with E-state index in [9.17, 15) is 32.9 Å². The predicted molar refractivity (Wildman–Crippen MR) is 123 cm³/mol. The maximum absolute atomic E-state index is 12.4. The monoisotopic (exact) mass is 527 g/mol. The van der Waals surface area contributed by atoms with Crippen LogP contribution in [0.4, 0.5) is 10.8 Å². The van der Waals surface area contributed by atoms with Gasteiger partial charge in [-0.3, -0.25) is 24.5 Å². The molecule has 0 aliphatic carbocycles. The molecule has 0 bridgehead atoms. The maximum atomic E-state index is 12.4. The minimum absolute atomic E-state index is 0.0454. The fourth-order valence-corrected chi connectivity index (χ4v) is 5.41. The molecule has 2 amide bonds. The molecule has 3 rings (SSSR count). The first-order valence-corrected chi connectivity index (χ1v) is 13.0. The first-order valence-electron chi connectivity index (χ1n) is 9.48. The molecule has 1 aromatic carbocycles. The fraction of sp³-hybridized carbons (Fsp3) is 0.278. The summed E-state index contributed by atoms with van der Waals surface area (Å²) in [6, 6.07) is 3.88. The van der Waals surface area contributed by atoms with Crippen LogP contribution in [0.5, 0.6) is 0 Å². The van der Waals surface area contributed by atoms with Crippen molar-refractivity contribution in [1.82, 2.24) is 9.55 Å². The van der Waals surface area contributed by atoms with Gasteiger partial charge in [0.1, 0.15) is 18.1 Å². The van der Waals surface area contributed by atoms with Crippen LogP contribution in [0, 0.1) is 10.1 Å². The van der Waals surface area contributed by atoms with Gasteiger partial charge in [-0.05, 0) is 13.0 Å². The van der Waals surface area contributed by atoms with Gasteiger partial charge in [0.15, 0.2) is 19.8 Å². The molecule has 34 heavy (non-hydrogen) atoms. The van der Waals surface area contributed by atoms with Crippen molar-refractivity contribution in [3.8, 4) is 0 Å². The van der Waals surface area contributed by atoms with Crippen LogP contribution in [0.1, 0.15) is 6.92 Å². The summed E-state index contributed by atoms with van der Waals surface area (Å²) >= 11 is 1.97. The number of carbonyl (C=O) groups excluding carboxylic acids is 3. The Hall–Kier alpha value is -3.50. The Morgan fingerprint density at radius 2 is 2.06 bits per heavy atom. The Labute approximate surface area is 199 Å². The lowest BCUT2D eigenvalue weighted by atomic mass is 10.3. The number of thiazole rings is 2. The van der Waals surface area contributed by atoms with Gasteiger partial charge >= 0.3 is 5.97 Å². The van der Waals surface area contributed by atoms with Crippen LogP contribution in [-0.2, 0) is 35.5 Å². The zero-order valence-corrected chi connectivity index (χ0v) is 19.9. The number of nitrogens with zero attached hydrogens (tertiary/aromatic N) is 4. The van der Waals surface area contributed by atoms with Crippen LogP contribution < -0.4 is 10.1 Å². The summed E-state index contributed by atoms with van der Waals surface area (Å²) in [5, 5.41) is 15.2. The highest BCUT2D eigenvalue weighted by Crippen LogP contribution is 2.23. The molecule has 1 N–H and O–H groups in total. The third-order valence-electron chi connectivity index (χ3n) is 4.06. The number of ether oxygens (including phenoxy) is 1. The smallest absolute Gasteiger partial charge is 0.326 e. The number of nitrogens with one attached hydrogen (secondary N) is 1. The lowest BCUT2D eigenvalue weighted by Gasteiger charge is -2.05. The van der Waals surface area contributed by atoms with Gasteiger partial charge in [-0.25, -0.2) is 13.4 Å². The maximum Gasteiger partial charge on any atom is 0.326 e. The summed E-state index contributed by atoms with van der Waals surface area (Å²) in [4.78, 5) is 54.4. The highest BCUT2D eigenvalue weighted by atomic mass is 32.2. The largest absolute Gasteiger partial charge is 0.465 e. The average Bonchev–Trinajstić information content (AvgIpc) is 3.34. The van der Waals surface area contributed by atoms with E-state index < -0.39 is 44.0 Å². The van der Waals surface area contributed by atoms with E-state index in [1.165, 1.54) is 29.0 Å². The van der Waals surface area contributed by atoms with Crippen molar-refractivity contribution in [2.24, 2.45) is 4.99 Å². The quantitative estimate of drug-likeness (QED) is 0.242. The second-order valence-corrected chi connectivity index (χ2v) is 10.6. The molecule has 0 fully saturated rings. The number of nitro groups is 1. The first kappa shape index (κ1) is 25.1. The Balaban J connectivity index is 1.87. The lowest BCUT2D eigenvalue weighted by Crippen LogP contribution is -2.28. The number of esters is 1. The number of aromatic nitrogens is 2. The molecule has 16 heteroatoms. The Kier molecular flexibility index (Phi) is 7.85. The van der Waals surface area contributed by atoms with Gasteiger partial charge < -0.3 is 14.6 Å². The summed E-state index contributed by atoms with van der Waals surface area (Å²) in [5.41, 5.74) is 0.171. The minimum Gasteiger partial charge on any atom is -0.465 e. The third-order valence-corrected chi connectivity index (χ3v) is 7.18. The molecule has 0 unspecified atom stereocenters. The van der Waals surface area contributed by atoms with E-state index in [2.05, 4.69) is 15.3 Å². The van der Waals surface area contributed by atoms with Gasteiger partial charge in [-0.15, -0.1) is 11.3 Å². The summed E-state index contributed by atoms with van der Waals surface area (Å²) in [6.07, 6.45) is 1.43. The molecule has 3 aromatic rings. The number of amides is 2. The van der Waals surface area contributed by atoms with E-state index in [0.717, 1.165) is 22.7 Å². The third kappa shape index (κ3) is 6.52. The minimum atomic E-state index is -4.16. The zero-order chi connectivity index (χ0) is 24.9. The molecule has 0 saturated heterocycles. The number of anilines is 1. The molecule has 0 saturated carbocycles. The van der Waals surface area contributed by atoms with Gasteiger partial charge in [-0.1, -0.05) is 11.3 Å². The molecule has 0 radical (unpaired) electrons. The molecule has 0 atom stereocenters. The molecule has 0 aliphatic heterocycles. The standard InChI is InChI=1S/C18H17N5O8S3/c1-2-31-16(26)8-22-12-4-3-11(23(27)28)7-13(12)33-18(22)21-15(25)10-34(29,30)9-14(24)20-17-19-5-6-32-17/h3-7H,2,8-10H2,1H3,(H,19,20,24). The van der Waals surface area contributed by atoms with Crippen LogP contribution in [-0.4, -0.2) is 58.8 Å². The second-order valence-electron chi connectivity index (χ2n) is 6.61. The van der Waals surface area contributed by atoms with E-state index in [-0.39, 0.29) is 28.8 Å². The highest BCUT2D eigenvalue weighted by Gasteiger charge is 2.22. The number of nitro benzene ring substituents is 1. The fourth-order valence-electron chi connectivity index (χ4n) is 2.77. The number of rotatable bonds is 9. The van der Waals surface area contributed by atoms with E-state index in [1.807, 2.05) is 0 Å². The molecule has 0 aliphatic rings. The molecule has 2 aromatic heterocycles. The van der Waals surface area contributed by atoms with Crippen molar-refractivity contribution in [3.05, 3.63) is 44.7 Å². The van der Waals surface area contributed by atoms with Crippen molar-refractivity contribution in [2.75, 3.05) is 23.4 Å². The Morgan fingerprint density at radius 3 is 2.71 bits per heavy atom. The Bertz CT molecular complexity index is 1420. The SMILES string of the molecule is CCOC(=O)Cn1c(=NC(=O)CS(=O)(=O)CC(=O)Nc2nccs2)sc2cc([N+](=O)[O-])ccc21. The average molecular weight is 528 g/mol. The van der Waals surface area contributed by atoms with Crippen LogP contribution in [0.25, 0.3) is 10.2 Å². The van der Waals surface area contributed by atoms with Gasteiger partial charge in [0.2, 0.25) is 5.91 Å². The van der Waals surface area contributed by atoms with Gasteiger partial charge in [-0.2, -0.15) is 4.99 Å². The van der Waals surface area contributed by atoms with E-state index in [4.69, 9.17) is 4.74 Å². The van der Waals surface area contributed by atoms with Gasteiger partial charge in [0.25, 0.3) is 11.6 Å². The summed E-state index contributed by atoms with van der Waals surface area (Å²) in [6.45, 7) is 1.38. The number of non-ortho nitro benzene ring substituents is 1. The van der Waals surface area contributed by atoms with Gasteiger partial charge in [0.05, 0.1) is 21.7 Å². The van der Waals surface area contributed by atoms with Crippen LogP contribution in [0.2, 0.25) is 0 Å². The molecule has 13 nitrogen and oxygen atoms in total. The lowest BCUT2D eigenvalue weighted by molar-refractivity contribution is -0.384. The zero-order valence-electron chi connectivity index (χ0n) is 17.5. The predicted octanol–water partition coefficient (Wildman–Crippen LogP) is 1.11. The van der Waals surface area contributed by atoms with E-state index in [0.29, 0.717) is 10.2 Å². The van der Waals surface area contributed by atoms with Crippen molar-refractivity contribution < 1.29 is 32.5 Å². The number of hydrogen-bond donors (Lipinski definition) is 1. The van der Waals surface area contributed by atoms with Crippen molar-refractivity contribution in [3.63, 3.8) is 0 Å². The highest BCUT2D eigenvalue weighted by molar-refractivity contribution is 7.92. The number of fused-ring (bicyclic) bond motifs is 1. The van der Waals surface area contributed by atoms with Crippen LogP contribution in [0.3, 0.4) is 0 Å². The number of sulfone groups is 1. The van der Waals surface area contributed by atoms with E-state index in [1.54, 1.807) is 12.3 Å². The Morgan fingerprint density at radius 1 is 1.29 bits per heavy atom. The van der Waals surface area contributed by atoms with Crippen molar-refractivity contribution in [1.29, 1.82) is 0 Å². The number of hydrogen-bond acceptors (Lipinski definition) is 11. The normalized spacial score (nSPS) is 12.0. The molecule has 180 valence electrons. The van der Waals surface area contributed by atoms with E-state index >= 15 is 0 Å². The van der Waals surface area contributed by atoms with Gasteiger partial charge in [0, 0.05) is 23.7 Å². The van der Waals surface area contributed by atoms with Crippen LogP contribution >= 0.6 is 22.7 Å². The van der Waals surface area contributed by atoms with Crippen molar-refractivity contribution >= 4 is 71.3 Å². The molecular formula is C18H17N5O8S3. The summed E-state index contributed by atoms with van der Waals surface area (Å²) in [7, 11) is -4.16. The van der Waals surface area contributed by atoms with Crippen molar-refractivity contribution in [2.45, 2.75) is 13.5 Å². The molecular weight excluding hydrogens is 510 g/mol. The first-order chi connectivity index (χ1) is 16.1. The molecule has 0 spiro atoms. The summed E-state index contributed by atoms with van der Waals surface area (Å²) < 4.78 is 31.2. The topological polar surface area (TPSA) is 180 Å². The number of benzene rings is 1. The summed E-state index contributed by atoms with van der Waals surface area (Å²) in [5.74, 6) is -4.56. The van der Waals surface area contributed by atoms with Crippen LogP contribution in [0.15, 0.2) is 34.8 Å². The second kappa shape index (κ2) is 10.6. The number of carbonyl (C=O) groups is 3. The molecule has 2 heterocycles.